The highest BCUT2D eigenvalue weighted by Gasteiger charge is 2.31. The molecule has 2 N–H and O–H groups in total. The minimum absolute atomic E-state index is 0.00878. The molecule has 5 heteroatoms. The number of thioether (sulfide) groups is 1. The smallest absolute Gasteiger partial charge is 0.313 e. The van der Waals surface area contributed by atoms with Gasteiger partial charge in [0.2, 0.25) is 0 Å². The van der Waals surface area contributed by atoms with Crippen LogP contribution in [-0.4, -0.2) is 22.0 Å². The van der Waals surface area contributed by atoms with E-state index in [1.54, 1.807) is 0 Å². The van der Waals surface area contributed by atoms with Gasteiger partial charge >= 0.3 is 5.97 Å². The SMILES string of the molecule is O=C(O)CSC1=NC(c2ccccc2)C(c2ccccc2)N1. The molecular formula is C17H16N2O2S. The molecule has 1 aliphatic rings. The topological polar surface area (TPSA) is 61.7 Å². The number of aliphatic imine (C=N–C) groups is 1. The van der Waals surface area contributed by atoms with E-state index in [9.17, 15) is 4.79 Å². The zero-order chi connectivity index (χ0) is 15.4. The predicted octanol–water partition coefficient (Wildman–Crippen LogP) is 3.25. The fourth-order valence-electron chi connectivity index (χ4n) is 2.50. The molecule has 22 heavy (non-hydrogen) atoms. The van der Waals surface area contributed by atoms with Crippen LogP contribution in [0.15, 0.2) is 65.7 Å². The second kappa shape index (κ2) is 6.66. The molecule has 112 valence electrons. The highest BCUT2D eigenvalue weighted by Crippen LogP contribution is 2.37. The van der Waals surface area contributed by atoms with Gasteiger partial charge in [-0.3, -0.25) is 9.79 Å². The molecule has 0 fully saturated rings. The standard InChI is InChI=1S/C17H16N2O2S/c20-14(21)11-22-17-18-15(12-7-3-1-4-8-12)16(19-17)13-9-5-2-6-10-13/h1-10,15-16H,11H2,(H,18,19)(H,20,21). The number of hydrogen-bond acceptors (Lipinski definition) is 4. The van der Waals surface area contributed by atoms with Crippen LogP contribution in [0.2, 0.25) is 0 Å². The molecule has 2 unspecified atom stereocenters. The Bertz CT molecular complexity index is 674. The van der Waals surface area contributed by atoms with E-state index in [2.05, 4.69) is 29.6 Å². The van der Waals surface area contributed by atoms with Crippen molar-refractivity contribution in [3.05, 3.63) is 71.8 Å². The molecule has 4 nitrogen and oxygen atoms in total. The predicted molar refractivity (Wildman–Crippen MR) is 89.0 cm³/mol. The first-order valence-corrected chi connectivity index (χ1v) is 8.01. The van der Waals surface area contributed by atoms with Crippen LogP contribution in [0.3, 0.4) is 0 Å². The maximum Gasteiger partial charge on any atom is 0.313 e. The maximum atomic E-state index is 10.8. The summed E-state index contributed by atoms with van der Waals surface area (Å²) in [5.41, 5.74) is 2.26. The Morgan fingerprint density at radius 3 is 2.23 bits per heavy atom. The summed E-state index contributed by atoms with van der Waals surface area (Å²) in [6.07, 6.45) is 0. The van der Waals surface area contributed by atoms with Crippen molar-refractivity contribution in [3.8, 4) is 0 Å². The van der Waals surface area contributed by atoms with Gasteiger partial charge in [-0.05, 0) is 11.1 Å². The number of rotatable bonds is 4. The molecule has 1 heterocycles. The number of carbonyl (C=O) groups is 1. The molecule has 0 aromatic heterocycles. The average Bonchev–Trinajstić information content (AvgIpc) is 2.99. The Kier molecular flexibility index (Phi) is 4.44. The first kappa shape index (κ1) is 14.7. The van der Waals surface area contributed by atoms with Gasteiger partial charge in [-0.1, -0.05) is 72.4 Å². The Balaban J connectivity index is 1.88. The van der Waals surface area contributed by atoms with Crippen molar-refractivity contribution in [2.75, 3.05) is 5.75 Å². The van der Waals surface area contributed by atoms with E-state index in [4.69, 9.17) is 10.1 Å². The van der Waals surface area contributed by atoms with Crippen LogP contribution in [0, 0.1) is 0 Å². The van der Waals surface area contributed by atoms with Crippen molar-refractivity contribution in [1.82, 2.24) is 5.32 Å². The number of nitrogens with zero attached hydrogens (tertiary/aromatic N) is 1. The van der Waals surface area contributed by atoms with Gasteiger partial charge in [0.25, 0.3) is 0 Å². The third-order valence-corrected chi connectivity index (χ3v) is 4.37. The first-order valence-electron chi connectivity index (χ1n) is 7.03. The second-order valence-electron chi connectivity index (χ2n) is 5.00. The Morgan fingerprint density at radius 2 is 1.64 bits per heavy atom. The molecule has 3 rings (SSSR count). The van der Waals surface area contributed by atoms with Crippen LogP contribution < -0.4 is 5.32 Å². The number of amidine groups is 1. The third-order valence-electron chi connectivity index (χ3n) is 3.48. The fraction of sp³-hybridized carbons (Fsp3) is 0.176. The van der Waals surface area contributed by atoms with Gasteiger partial charge in [-0.15, -0.1) is 0 Å². The molecule has 2 aromatic carbocycles. The summed E-state index contributed by atoms with van der Waals surface area (Å²) >= 11 is 1.23. The fourth-order valence-corrected chi connectivity index (χ4v) is 3.16. The van der Waals surface area contributed by atoms with Crippen molar-refractivity contribution < 1.29 is 9.90 Å². The maximum absolute atomic E-state index is 10.8. The number of aliphatic carboxylic acids is 1. The molecule has 0 saturated carbocycles. The Morgan fingerprint density at radius 1 is 1.05 bits per heavy atom. The van der Waals surface area contributed by atoms with Crippen molar-refractivity contribution in [3.63, 3.8) is 0 Å². The molecule has 0 bridgehead atoms. The zero-order valence-corrected chi connectivity index (χ0v) is 12.7. The van der Waals surface area contributed by atoms with Crippen LogP contribution in [0.4, 0.5) is 0 Å². The largest absolute Gasteiger partial charge is 0.481 e. The lowest BCUT2D eigenvalue weighted by Gasteiger charge is -2.19. The summed E-state index contributed by atoms with van der Waals surface area (Å²) in [7, 11) is 0. The molecular weight excluding hydrogens is 296 g/mol. The lowest BCUT2D eigenvalue weighted by Crippen LogP contribution is -2.23. The quantitative estimate of drug-likeness (QED) is 0.910. The summed E-state index contributed by atoms with van der Waals surface area (Å²) in [6, 6.07) is 20.2. The molecule has 0 amide bonds. The number of hydrogen-bond donors (Lipinski definition) is 2. The minimum atomic E-state index is -0.839. The number of carboxylic acids is 1. The van der Waals surface area contributed by atoms with Crippen LogP contribution in [0.5, 0.6) is 0 Å². The minimum Gasteiger partial charge on any atom is -0.481 e. The van der Waals surface area contributed by atoms with Gasteiger partial charge < -0.3 is 10.4 Å². The van der Waals surface area contributed by atoms with E-state index in [0.29, 0.717) is 5.17 Å². The van der Waals surface area contributed by atoms with Gasteiger partial charge in [0.05, 0.1) is 11.8 Å². The summed E-state index contributed by atoms with van der Waals surface area (Å²) in [5.74, 6) is -0.830. The van der Waals surface area contributed by atoms with Gasteiger partial charge in [-0.25, -0.2) is 0 Å². The number of nitrogens with one attached hydrogen (secondary N) is 1. The number of carboxylic acid groups (broad SMARTS) is 1. The molecule has 0 aliphatic carbocycles. The molecule has 0 radical (unpaired) electrons. The van der Waals surface area contributed by atoms with Crippen LogP contribution in [0.1, 0.15) is 23.2 Å². The van der Waals surface area contributed by atoms with Gasteiger partial charge in [0.15, 0.2) is 5.17 Å². The third kappa shape index (κ3) is 3.31. The molecule has 2 atom stereocenters. The van der Waals surface area contributed by atoms with Crippen LogP contribution >= 0.6 is 11.8 Å². The average molecular weight is 312 g/mol. The Hall–Kier alpha value is -2.27. The molecule has 1 aliphatic heterocycles. The number of benzene rings is 2. The molecule has 0 saturated heterocycles. The molecule has 0 spiro atoms. The van der Waals surface area contributed by atoms with Crippen LogP contribution in [-0.2, 0) is 4.79 Å². The monoisotopic (exact) mass is 312 g/mol. The van der Waals surface area contributed by atoms with Crippen molar-refractivity contribution >= 4 is 22.9 Å². The second-order valence-corrected chi connectivity index (χ2v) is 5.97. The van der Waals surface area contributed by atoms with E-state index in [1.165, 1.54) is 11.8 Å². The van der Waals surface area contributed by atoms with Gasteiger partial charge in [0, 0.05) is 0 Å². The zero-order valence-electron chi connectivity index (χ0n) is 11.8. The lowest BCUT2D eigenvalue weighted by molar-refractivity contribution is -0.133. The summed E-state index contributed by atoms with van der Waals surface area (Å²) in [5, 5.41) is 12.9. The highest BCUT2D eigenvalue weighted by atomic mass is 32.2. The highest BCUT2D eigenvalue weighted by molar-refractivity contribution is 8.14. The van der Waals surface area contributed by atoms with Crippen LogP contribution in [0.25, 0.3) is 0 Å². The van der Waals surface area contributed by atoms with Crippen molar-refractivity contribution in [2.24, 2.45) is 4.99 Å². The van der Waals surface area contributed by atoms with Gasteiger partial charge in [-0.2, -0.15) is 0 Å². The molecule has 2 aromatic rings. The normalized spacial score (nSPS) is 20.3. The Labute approximate surface area is 133 Å². The van der Waals surface area contributed by atoms with Gasteiger partial charge in [0.1, 0.15) is 6.04 Å². The lowest BCUT2D eigenvalue weighted by atomic mass is 9.95. The summed E-state index contributed by atoms with van der Waals surface area (Å²) in [4.78, 5) is 15.4. The van der Waals surface area contributed by atoms with E-state index in [1.807, 2.05) is 36.4 Å². The van der Waals surface area contributed by atoms with E-state index >= 15 is 0 Å². The van der Waals surface area contributed by atoms with E-state index in [-0.39, 0.29) is 17.8 Å². The van der Waals surface area contributed by atoms with E-state index < -0.39 is 5.97 Å². The van der Waals surface area contributed by atoms with E-state index in [0.717, 1.165) is 11.1 Å². The van der Waals surface area contributed by atoms with Crippen molar-refractivity contribution in [2.45, 2.75) is 12.1 Å². The summed E-state index contributed by atoms with van der Waals surface area (Å²) < 4.78 is 0. The summed E-state index contributed by atoms with van der Waals surface area (Å²) in [6.45, 7) is 0. The van der Waals surface area contributed by atoms with Crippen molar-refractivity contribution in [1.29, 1.82) is 0 Å². The first-order chi connectivity index (χ1) is 10.7.